The summed E-state index contributed by atoms with van der Waals surface area (Å²) in [5.74, 6) is -0.590. The third-order valence-electron chi connectivity index (χ3n) is 6.46. The maximum atomic E-state index is 12.0. The Labute approximate surface area is 272 Å². The summed E-state index contributed by atoms with van der Waals surface area (Å²) in [6.45, 7) is 3.27. The number of aliphatic hydroxyl groups excluding tert-OH is 1. The van der Waals surface area contributed by atoms with Gasteiger partial charge in [0.1, 0.15) is 12.7 Å². The van der Waals surface area contributed by atoms with E-state index in [1.807, 2.05) is 0 Å². The van der Waals surface area contributed by atoms with Crippen molar-refractivity contribution in [1.82, 2.24) is 5.32 Å². The van der Waals surface area contributed by atoms with Crippen LogP contribution < -0.4 is 5.32 Å². The van der Waals surface area contributed by atoms with E-state index >= 15 is 0 Å². The van der Waals surface area contributed by atoms with Crippen molar-refractivity contribution in [2.24, 2.45) is 0 Å². The van der Waals surface area contributed by atoms with Gasteiger partial charge in [0.2, 0.25) is 5.91 Å². The Morgan fingerprint density at radius 1 is 0.711 bits per heavy atom. The van der Waals surface area contributed by atoms with Crippen molar-refractivity contribution in [3.05, 3.63) is 60.8 Å². The molecule has 0 aliphatic heterocycles. The Balaban J connectivity index is 3.76. The van der Waals surface area contributed by atoms with Crippen LogP contribution in [0.1, 0.15) is 117 Å². The number of amides is 1. The third kappa shape index (κ3) is 32.9. The summed E-state index contributed by atoms with van der Waals surface area (Å²) >= 11 is 0. The molecule has 0 fully saturated rings. The lowest BCUT2D eigenvalue weighted by Gasteiger charge is -2.15. The highest BCUT2D eigenvalue weighted by Gasteiger charge is 2.23. The maximum Gasteiger partial charge on any atom is 0.472 e. The van der Waals surface area contributed by atoms with Crippen LogP contribution in [0.4, 0.5) is 0 Å². The van der Waals surface area contributed by atoms with Crippen molar-refractivity contribution < 1.29 is 37.9 Å². The van der Waals surface area contributed by atoms with Gasteiger partial charge < -0.3 is 20.1 Å². The molecule has 2 unspecified atom stereocenters. The molecule has 0 aromatic heterocycles. The van der Waals surface area contributed by atoms with Crippen LogP contribution in [-0.4, -0.2) is 54.3 Å². The predicted octanol–water partition coefficient (Wildman–Crippen LogP) is 8.20. The van der Waals surface area contributed by atoms with Crippen molar-refractivity contribution >= 4 is 19.7 Å². The highest BCUT2D eigenvalue weighted by molar-refractivity contribution is 7.47. The first-order valence-electron chi connectivity index (χ1n) is 16.8. The van der Waals surface area contributed by atoms with Gasteiger partial charge >= 0.3 is 13.8 Å². The first-order valence-corrected chi connectivity index (χ1v) is 18.3. The minimum absolute atomic E-state index is 0.0488. The Morgan fingerprint density at radius 2 is 1.27 bits per heavy atom. The first-order chi connectivity index (χ1) is 21.8. The van der Waals surface area contributed by atoms with Crippen molar-refractivity contribution in [2.75, 3.05) is 26.4 Å². The van der Waals surface area contributed by atoms with Crippen LogP contribution in [0.15, 0.2) is 60.8 Å². The van der Waals surface area contributed by atoms with Crippen LogP contribution in [0.5, 0.6) is 0 Å². The Morgan fingerprint density at radius 3 is 1.87 bits per heavy atom. The molecule has 3 N–H and O–H groups in total. The smallest absolute Gasteiger partial charge is 0.463 e. The molecule has 0 rings (SSSR count). The summed E-state index contributed by atoms with van der Waals surface area (Å²) < 4.78 is 26.6. The van der Waals surface area contributed by atoms with Gasteiger partial charge in [0, 0.05) is 19.4 Å². The summed E-state index contributed by atoms with van der Waals surface area (Å²) in [5.41, 5.74) is 0. The molecule has 1 amide bonds. The number of allylic oxidation sites excluding steroid dienone is 10. The number of carbonyl (C=O) groups is 2. The topological polar surface area (TPSA) is 131 Å². The van der Waals surface area contributed by atoms with E-state index in [-0.39, 0.29) is 32.1 Å². The van der Waals surface area contributed by atoms with E-state index < -0.39 is 26.5 Å². The zero-order valence-electron chi connectivity index (χ0n) is 27.8. The van der Waals surface area contributed by atoms with E-state index in [0.29, 0.717) is 12.8 Å². The molecule has 0 aliphatic rings. The minimum atomic E-state index is -4.42. The molecule has 0 spiro atoms. The first kappa shape index (κ1) is 42.7. The molecule has 0 aliphatic carbocycles. The van der Waals surface area contributed by atoms with Crippen LogP contribution in [0.2, 0.25) is 0 Å². The van der Waals surface area contributed by atoms with Crippen LogP contribution in [0.3, 0.4) is 0 Å². The minimum Gasteiger partial charge on any atom is -0.463 e. The molecular weight excluding hydrogens is 593 g/mol. The second kappa shape index (κ2) is 31.7. The Hall–Kier alpha value is -2.29. The molecule has 10 heteroatoms. The molecule has 0 heterocycles. The number of hydrogen-bond donors (Lipinski definition) is 3. The van der Waals surface area contributed by atoms with Gasteiger partial charge in [-0.05, 0) is 51.4 Å². The molecule has 0 aromatic carbocycles. The summed E-state index contributed by atoms with van der Waals surface area (Å²) in [6.07, 6.45) is 34.7. The zero-order chi connectivity index (χ0) is 33.3. The summed E-state index contributed by atoms with van der Waals surface area (Å²) in [7, 11) is -4.42. The van der Waals surface area contributed by atoms with Crippen LogP contribution >= 0.6 is 7.82 Å². The van der Waals surface area contributed by atoms with E-state index in [1.165, 1.54) is 25.7 Å². The number of hydrogen-bond acceptors (Lipinski definition) is 7. The molecule has 45 heavy (non-hydrogen) atoms. The second-order valence-corrected chi connectivity index (χ2v) is 12.2. The average molecular weight is 654 g/mol. The Bertz CT molecular complexity index is 929. The second-order valence-electron chi connectivity index (χ2n) is 10.8. The number of phosphoric ester groups is 1. The Kier molecular flexibility index (Phi) is 30.1. The van der Waals surface area contributed by atoms with Gasteiger partial charge in [0.15, 0.2) is 0 Å². The van der Waals surface area contributed by atoms with Crippen molar-refractivity contribution in [3.63, 3.8) is 0 Å². The maximum absolute atomic E-state index is 12.0. The fraction of sp³-hybridized carbons (Fsp3) is 0.657. The highest BCUT2D eigenvalue weighted by Crippen LogP contribution is 2.42. The van der Waals surface area contributed by atoms with E-state index in [1.54, 1.807) is 0 Å². The average Bonchev–Trinajstić information content (AvgIpc) is 3.02. The molecule has 0 bridgehead atoms. The van der Waals surface area contributed by atoms with Gasteiger partial charge in [0.05, 0.1) is 13.2 Å². The quantitative estimate of drug-likeness (QED) is 0.0306. The van der Waals surface area contributed by atoms with Crippen molar-refractivity contribution in [1.29, 1.82) is 0 Å². The van der Waals surface area contributed by atoms with E-state index in [4.69, 9.17) is 13.8 Å². The predicted molar refractivity (Wildman–Crippen MR) is 183 cm³/mol. The summed E-state index contributed by atoms with van der Waals surface area (Å²) in [5, 5.41) is 12.5. The molecule has 9 nitrogen and oxygen atoms in total. The molecule has 258 valence electrons. The van der Waals surface area contributed by atoms with Crippen molar-refractivity contribution in [2.45, 2.75) is 123 Å². The summed E-state index contributed by atoms with van der Waals surface area (Å²) in [4.78, 5) is 33.5. The van der Waals surface area contributed by atoms with Gasteiger partial charge in [-0.25, -0.2) is 4.57 Å². The number of carbonyl (C=O) groups excluding carboxylic acids is 2. The number of nitrogens with one attached hydrogen (secondary N) is 1. The van der Waals surface area contributed by atoms with E-state index in [0.717, 1.165) is 57.8 Å². The summed E-state index contributed by atoms with van der Waals surface area (Å²) in [6, 6.07) is 0. The van der Waals surface area contributed by atoms with Gasteiger partial charge in [0.25, 0.3) is 0 Å². The molecule has 0 saturated heterocycles. The number of unbranched alkanes of at least 4 members (excludes halogenated alkanes) is 7. The lowest BCUT2D eigenvalue weighted by atomic mass is 10.1. The third-order valence-corrected chi connectivity index (χ3v) is 7.45. The van der Waals surface area contributed by atoms with Crippen molar-refractivity contribution in [3.8, 4) is 0 Å². The van der Waals surface area contributed by atoms with Gasteiger partial charge in [-0.2, -0.15) is 0 Å². The van der Waals surface area contributed by atoms with E-state index in [2.05, 4.69) is 79.9 Å². The highest BCUT2D eigenvalue weighted by atomic mass is 31.2. The largest absolute Gasteiger partial charge is 0.472 e. The molecular formula is C35H60NO8P. The number of aliphatic hydroxyl groups is 1. The lowest BCUT2D eigenvalue weighted by Crippen LogP contribution is -2.27. The fourth-order valence-electron chi connectivity index (χ4n) is 3.94. The number of ether oxygens (including phenoxy) is 1. The molecule has 2 atom stereocenters. The number of rotatable bonds is 30. The molecule has 0 saturated carbocycles. The van der Waals surface area contributed by atoms with Crippen LogP contribution in [-0.2, 0) is 27.9 Å². The fourth-order valence-corrected chi connectivity index (χ4v) is 4.70. The standard InChI is InChI=1S/C35H60NO8P/c1-3-5-7-9-11-12-13-14-15-16-17-18-19-20-22-23-25-27-34(38)36-29-30-43-45(40,41)44-32-33(37)31-42-35(39)28-26-24-21-10-8-6-4-2/h5,7,11-12,14-15,17-18,20,22,33,37H,3-4,6,8-10,13,16,19,21,23-32H2,1-2H3,(H,36,38)(H,40,41)/b7-5-,12-11-,15-14-,18-17-,22-20-. The lowest BCUT2D eigenvalue weighted by molar-refractivity contribution is -0.147. The molecule has 0 aromatic rings. The number of phosphoric acid groups is 1. The van der Waals surface area contributed by atoms with E-state index in [9.17, 15) is 24.2 Å². The normalized spacial score (nSPS) is 14.3. The molecule has 0 radical (unpaired) electrons. The monoisotopic (exact) mass is 653 g/mol. The zero-order valence-corrected chi connectivity index (χ0v) is 28.7. The van der Waals surface area contributed by atoms with Gasteiger partial charge in [-0.1, -0.05) is 113 Å². The van der Waals surface area contributed by atoms with Gasteiger partial charge in [-0.15, -0.1) is 0 Å². The SMILES string of the molecule is CC/C=C\C/C=C\C/C=C\C/C=C\C/C=C\CCCC(=O)NCCOP(=O)(O)OCC(O)COC(=O)CCCCCCCCC. The van der Waals surface area contributed by atoms with Gasteiger partial charge in [-0.3, -0.25) is 18.6 Å². The van der Waals surface area contributed by atoms with Crippen LogP contribution in [0, 0.1) is 0 Å². The van der Waals surface area contributed by atoms with Crippen LogP contribution in [0.25, 0.3) is 0 Å². The number of esters is 1.